The van der Waals surface area contributed by atoms with Crippen LogP contribution in [-0.2, 0) is 9.63 Å². The molecule has 0 aromatic carbocycles. The average Bonchev–Trinajstić information content (AvgIpc) is 2.27. The van der Waals surface area contributed by atoms with E-state index in [1.54, 1.807) is 6.92 Å². The van der Waals surface area contributed by atoms with Crippen LogP contribution in [0.4, 0.5) is 4.79 Å². The highest BCUT2D eigenvalue weighted by molar-refractivity contribution is 8.14. The minimum absolute atomic E-state index is 0.0581. The van der Waals surface area contributed by atoms with E-state index >= 15 is 0 Å². The van der Waals surface area contributed by atoms with E-state index < -0.39 is 6.09 Å². The van der Waals surface area contributed by atoms with Crippen molar-refractivity contribution in [3.8, 4) is 12.3 Å². The third-order valence-electron chi connectivity index (χ3n) is 1.95. The summed E-state index contributed by atoms with van der Waals surface area (Å²) in [5.41, 5.74) is 0. The first kappa shape index (κ1) is 13.4. The molecule has 1 aliphatic rings. The second-order valence-corrected chi connectivity index (χ2v) is 4.42. The zero-order valence-electron chi connectivity index (χ0n) is 9.60. The Kier molecular flexibility index (Phi) is 4.84. The molecular formula is C10H13N3O3S. The van der Waals surface area contributed by atoms with Crippen molar-refractivity contribution in [1.82, 2.24) is 10.2 Å². The van der Waals surface area contributed by atoms with Crippen molar-refractivity contribution < 1.29 is 14.4 Å². The van der Waals surface area contributed by atoms with Crippen LogP contribution in [0.15, 0.2) is 5.16 Å². The van der Waals surface area contributed by atoms with Crippen LogP contribution in [0, 0.1) is 12.3 Å². The van der Waals surface area contributed by atoms with Crippen LogP contribution in [-0.4, -0.2) is 47.3 Å². The molecule has 1 fully saturated rings. The number of hydrogen-bond acceptors (Lipinski definition) is 5. The Labute approximate surface area is 104 Å². The van der Waals surface area contributed by atoms with Crippen LogP contribution in [0.2, 0.25) is 0 Å². The number of terminal acetylenes is 1. The number of nitrogens with one attached hydrogen (secondary N) is 1. The van der Waals surface area contributed by atoms with E-state index in [1.807, 2.05) is 0 Å². The first-order valence-corrected chi connectivity index (χ1v) is 5.88. The van der Waals surface area contributed by atoms with Gasteiger partial charge in [-0.25, -0.2) is 4.79 Å². The molecule has 1 aliphatic heterocycles. The third-order valence-corrected chi connectivity index (χ3v) is 3.08. The summed E-state index contributed by atoms with van der Waals surface area (Å²) in [5.74, 6) is 2.54. The second-order valence-electron chi connectivity index (χ2n) is 3.42. The van der Waals surface area contributed by atoms with Gasteiger partial charge in [-0.05, 0) is 6.92 Å². The van der Waals surface area contributed by atoms with Gasteiger partial charge in [-0.2, -0.15) is 0 Å². The van der Waals surface area contributed by atoms with Gasteiger partial charge in [0.1, 0.15) is 5.04 Å². The lowest BCUT2D eigenvalue weighted by atomic mass is 10.3. The standard InChI is InChI=1S/C10H13N3O3S/c1-4-5-13(3)10(15)16-12-9-7(2)11-8(14)6-17-9/h1,7H,5-6H2,2-3H3,(H,11,14). The molecule has 1 atom stereocenters. The highest BCUT2D eigenvalue weighted by Crippen LogP contribution is 2.13. The lowest BCUT2D eigenvalue weighted by Gasteiger charge is -2.20. The minimum atomic E-state index is -0.625. The van der Waals surface area contributed by atoms with Gasteiger partial charge in [0.15, 0.2) is 0 Å². The quantitative estimate of drug-likeness (QED) is 0.436. The molecule has 0 aromatic heterocycles. The average molecular weight is 255 g/mol. The van der Waals surface area contributed by atoms with Gasteiger partial charge in [0, 0.05) is 7.05 Å². The Morgan fingerprint density at radius 2 is 2.53 bits per heavy atom. The Bertz CT molecular complexity index is 389. The predicted molar refractivity (Wildman–Crippen MR) is 65.4 cm³/mol. The van der Waals surface area contributed by atoms with Crippen LogP contribution in [0.1, 0.15) is 6.92 Å². The fraction of sp³-hybridized carbons (Fsp3) is 0.500. The summed E-state index contributed by atoms with van der Waals surface area (Å²) in [5, 5.41) is 6.95. The van der Waals surface area contributed by atoms with Crippen molar-refractivity contribution in [2.75, 3.05) is 19.3 Å². The van der Waals surface area contributed by atoms with Gasteiger partial charge >= 0.3 is 6.09 Å². The zero-order chi connectivity index (χ0) is 12.8. The Hall–Kier alpha value is -1.68. The summed E-state index contributed by atoms with van der Waals surface area (Å²) in [6.45, 7) is 1.92. The highest BCUT2D eigenvalue weighted by atomic mass is 32.2. The molecule has 2 amide bonds. The van der Waals surface area contributed by atoms with Gasteiger partial charge in [0.25, 0.3) is 0 Å². The molecule has 1 unspecified atom stereocenters. The molecule has 1 saturated heterocycles. The maximum absolute atomic E-state index is 11.4. The van der Waals surface area contributed by atoms with Crippen LogP contribution in [0.3, 0.4) is 0 Å². The number of oxime groups is 1. The smallest absolute Gasteiger partial charge is 0.347 e. The summed E-state index contributed by atoms with van der Waals surface area (Å²) in [7, 11) is 1.52. The monoisotopic (exact) mass is 255 g/mol. The van der Waals surface area contributed by atoms with Crippen molar-refractivity contribution >= 4 is 28.8 Å². The molecule has 0 aliphatic carbocycles. The van der Waals surface area contributed by atoms with E-state index in [0.717, 1.165) is 0 Å². The van der Waals surface area contributed by atoms with Crippen molar-refractivity contribution in [3.05, 3.63) is 0 Å². The van der Waals surface area contributed by atoms with Crippen LogP contribution in [0.25, 0.3) is 0 Å². The number of hydrogen-bond donors (Lipinski definition) is 1. The summed E-state index contributed by atoms with van der Waals surface area (Å²) >= 11 is 1.25. The van der Waals surface area contributed by atoms with E-state index in [4.69, 9.17) is 11.3 Å². The van der Waals surface area contributed by atoms with Crippen LogP contribution < -0.4 is 5.32 Å². The number of amides is 2. The topological polar surface area (TPSA) is 71.0 Å². The summed E-state index contributed by atoms with van der Waals surface area (Å²) in [4.78, 5) is 28.3. The Morgan fingerprint density at radius 3 is 3.12 bits per heavy atom. The zero-order valence-corrected chi connectivity index (χ0v) is 10.4. The molecule has 1 rings (SSSR count). The summed E-state index contributed by atoms with van der Waals surface area (Å²) in [6.07, 6.45) is 4.43. The Morgan fingerprint density at radius 1 is 1.82 bits per heavy atom. The van der Waals surface area contributed by atoms with Gasteiger partial charge in [-0.1, -0.05) is 22.8 Å². The highest BCUT2D eigenvalue weighted by Gasteiger charge is 2.22. The van der Waals surface area contributed by atoms with Crippen LogP contribution in [0.5, 0.6) is 0 Å². The van der Waals surface area contributed by atoms with Gasteiger partial charge < -0.3 is 5.32 Å². The van der Waals surface area contributed by atoms with E-state index in [9.17, 15) is 9.59 Å². The molecule has 0 radical (unpaired) electrons. The lowest BCUT2D eigenvalue weighted by Crippen LogP contribution is -2.43. The van der Waals surface area contributed by atoms with Crippen molar-refractivity contribution in [2.24, 2.45) is 5.16 Å². The van der Waals surface area contributed by atoms with Gasteiger partial charge in [-0.15, -0.1) is 6.42 Å². The number of thioether (sulfide) groups is 1. The maximum atomic E-state index is 11.4. The van der Waals surface area contributed by atoms with E-state index in [2.05, 4.69) is 16.4 Å². The van der Waals surface area contributed by atoms with Gasteiger partial charge in [0.05, 0.1) is 18.3 Å². The second kappa shape index (κ2) is 6.15. The van der Waals surface area contributed by atoms with E-state index in [0.29, 0.717) is 5.04 Å². The van der Waals surface area contributed by atoms with Gasteiger partial charge in [0.2, 0.25) is 5.91 Å². The van der Waals surface area contributed by atoms with Crippen LogP contribution >= 0.6 is 11.8 Å². The molecule has 17 heavy (non-hydrogen) atoms. The molecule has 92 valence electrons. The SMILES string of the molecule is C#CCN(C)C(=O)ON=C1SCC(=O)NC1C. The molecule has 1 heterocycles. The first-order chi connectivity index (χ1) is 8.04. The number of carbonyl (C=O) groups is 2. The molecule has 7 heteroatoms. The third kappa shape index (κ3) is 4.00. The lowest BCUT2D eigenvalue weighted by molar-refractivity contribution is -0.118. The number of rotatable bonds is 2. The minimum Gasteiger partial charge on any atom is -0.347 e. The van der Waals surface area contributed by atoms with E-state index in [1.165, 1.54) is 23.7 Å². The van der Waals surface area contributed by atoms with Crippen molar-refractivity contribution in [2.45, 2.75) is 13.0 Å². The van der Waals surface area contributed by atoms with E-state index in [-0.39, 0.29) is 24.2 Å². The molecular weight excluding hydrogens is 242 g/mol. The molecule has 6 nitrogen and oxygen atoms in total. The van der Waals surface area contributed by atoms with Gasteiger partial charge in [-0.3, -0.25) is 14.5 Å². The molecule has 0 aromatic rings. The maximum Gasteiger partial charge on any atom is 0.436 e. The molecule has 0 bridgehead atoms. The fourth-order valence-electron chi connectivity index (χ4n) is 1.07. The van der Waals surface area contributed by atoms with Crippen molar-refractivity contribution in [3.63, 3.8) is 0 Å². The first-order valence-electron chi connectivity index (χ1n) is 4.90. The summed E-state index contributed by atoms with van der Waals surface area (Å²) < 4.78 is 0. The normalized spacial score (nSPS) is 21.6. The summed E-state index contributed by atoms with van der Waals surface area (Å²) in [6, 6.07) is -0.244. The molecule has 0 spiro atoms. The fourth-order valence-corrected chi connectivity index (χ4v) is 1.83. The number of carbonyl (C=O) groups excluding carboxylic acids is 2. The Balaban J connectivity index is 2.51. The largest absolute Gasteiger partial charge is 0.436 e. The van der Waals surface area contributed by atoms with Crippen molar-refractivity contribution in [1.29, 1.82) is 0 Å². The number of nitrogens with zero attached hydrogens (tertiary/aromatic N) is 2. The predicted octanol–water partition coefficient (Wildman–Crippen LogP) is 0.253. The molecule has 0 saturated carbocycles. The molecule has 1 N–H and O–H groups in total.